The van der Waals surface area contributed by atoms with Crippen LogP contribution in [-0.4, -0.2) is 52.0 Å². The summed E-state index contributed by atoms with van der Waals surface area (Å²) in [7, 11) is 5.00. The number of halogens is 1. The number of methoxy groups -OCH3 is 3. The van der Waals surface area contributed by atoms with Crippen LogP contribution in [0, 0.1) is 0 Å². The van der Waals surface area contributed by atoms with Crippen LogP contribution in [-0.2, 0) is 4.74 Å². The van der Waals surface area contributed by atoms with E-state index in [1.165, 1.54) is 0 Å². The van der Waals surface area contributed by atoms with Gasteiger partial charge in [-0.3, -0.25) is 4.90 Å². The lowest BCUT2D eigenvalue weighted by Crippen LogP contribution is -2.34. The van der Waals surface area contributed by atoms with Gasteiger partial charge in [0.1, 0.15) is 0 Å². The third-order valence-electron chi connectivity index (χ3n) is 3.95. The molecule has 1 aromatic rings. The molecule has 1 fully saturated rings. The highest BCUT2D eigenvalue weighted by atomic mass is 79.9. The van der Waals surface area contributed by atoms with E-state index >= 15 is 0 Å². The zero-order chi connectivity index (χ0) is 15.4. The Labute approximate surface area is 134 Å². The molecule has 1 aliphatic rings. The van der Waals surface area contributed by atoms with Crippen molar-refractivity contribution in [3.05, 3.63) is 22.2 Å². The zero-order valence-corrected chi connectivity index (χ0v) is 14.4. The second-order valence-corrected chi connectivity index (χ2v) is 6.01. The first-order valence-corrected chi connectivity index (χ1v) is 7.81. The molecule has 0 aromatic heterocycles. The van der Waals surface area contributed by atoms with Crippen molar-refractivity contribution >= 4 is 15.9 Å². The summed E-state index contributed by atoms with van der Waals surface area (Å²) in [5.41, 5.74) is 7.46. The van der Waals surface area contributed by atoms with E-state index in [0.29, 0.717) is 12.4 Å². The highest BCUT2D eigenvalue weighted by Gasteiger charge is 2.34. The van der Waals surface area contributed by atoms with Gasteiger partial charge in [-0.2, -0.15) is 0 Å². The molecule has 1 saturated heterocycles. The molecule has 2 unspecified atom stereocenters. The molecule has 0 radical (unpaired) electrons. The number of nitrogens with two attached hydrogens (primary N) is 1. The molecule has 21 heavy (non-hydrogen) atoms. The molecule has 2 rings (SSSR count). The van der Waals surface area contributed by atoms with Crippen LogP contribution in [0.4, 0.5) is 0 Å². The second kappa shape index (κ2) is 7.45. The van der Waals surface area contributed by atoms with Gasteiger partial charge in [0.25, 0.3) is 0 Å². The van der Waals surface area contributed by atoms with Gasteiger partial charge < -0.3 is 19.9 Å². The summed E-state index contributed by atoms with van der Waals surface area (Å²) in [5.74, 6) is 1.43. The van der Waals surface area contributed by atoms with E-state index in [2.05, 4.69) is 20.8 Å². The van der Waals surface area contributed by atoms with Crippen molar-refractivity contribution in [1.82, 2.24) is 4.90 Å². The minimum absolute atomic E-state index is 0.108. The van der Waals surface area contributed by atoms with Gasteiger partial charge in [0, 0.05) is 30.7 Å². The fourth-order valence-electron chi connectivity index (χ4n) is 2.87. The first kappa shape index (κ1) is 16.5. The van der Waals surface area contributed by atoms with Crippen LogP contribution < -0.4 is 15.2 Å². The van der Waals surface area contributed by atoms with E-state index in [0.717, 1.165) is 35.3 Å². The van der Waals surface area contributed by atoms with Crippen LogP contribution in [0.15, 0.2) is 16.6 Å². The summed E-state index contributed by atoms with van der Waals surface area (Å²) in [5, 5.41) is 0. The van der Waals surface area contributed by atoms with Crippen molar-refractivity contribution in [2.75, 3.05) is 41.0 Å². The van der Waals surface area contributed by atoms with E-state index in [-0.39, 0.29) is 12.1 Å². The minimum atomic E-state index is 0.108. The van der Waals surface area contributed by atoms with Crippen molar-refractivity contribution in [3.63, 3.8) is 0 Å². The molecule has 0 amide bonds. The van der Waals surface area contributed by atoms with Crippen LogP contribution in [0.3, 0.4) is 0 Å². The molecule has 0 bridgehead atoms. The van der Waals surface area contributed by atoms with Gasteiger partial charge in [-0.05, 0) is 24.1 Å². The number of benzene rings is 1. The van der Waals surface area contributed by atoms with Crippen molar-refractivity contribution < 1.29 is 14.2 Å². The predicted octanol–water partition coefficient (Wildman–Crippen LogP) is 2.19. The van der Waals surface area contributed by atoms with Gasteiger partial charge in [0.05, 0.1) is 26.9 Å². The lowest BCUT2D eigenvalue weighted by Gasteiger charge is -2.28. The number of nitrogens with zero attached hydrogens (tertiary/aromatic N) is 1. The van der Waals surface area contributed by atoms with Crippen molar-refractivity contribution in [2.45, 2.75) is 18.5 Å². The molecule has 0 spiro atoms. The van der Waals surface area contributed by atoms with Gasteiger partial charge in [-0.1, -0.05) is 15.9 Å². The van der Waals surface area contributed by atoms with Crippen molar-refractivity contribution in [3.8, 4) is 11.5 Å². The normalized spacial score (nSPS) is 22.5. The zero-order valence-electron chi connectivity index (χ0n) is 12.8. The molecule has 0 saturated carbocycles. The molecule has 2 N–H and O–H groups in total. The maximum absolute atomic E-state index is 6.33. The lowest BCUT2D eigenvalue weighted by atomic mass is 10.00. The Morgan fingerprint density at radius 1 is 1.24 bits per heavy atom. The fourth-order valence-corrected chi connectivity index (χ4v) is 3.42. The van der Waals surface area contributed by atoms with Crippen LogP contribution in [0.2, 0.25) is 0 Å². The second-order valence-electron chi connectivity index (χ2n) is 5.15. The van der Waals surface area contributed by atoms with Crippen LogP contribution >= 0.6 is 15.9 Å². The summed E-state index contributed by atoms with van der Waals surface area (Å²) in [6.07, 6.45) is 0.981. The van der Waals surface area contributed by atoms with Crippen molar-refractivity contribution in [2.24, 2.45) is 5.73 Å². The molecular weight excluding hydrogens is 336 g/mol. The minimum Gasteiger partial charge on any atom is -0.493 e. The number of likely N-dealkylation sites (tertiary alicyclic amines) is 1. The molecule has 5 nitrogen and oxygen atoms in total. The molecule has 1 heterocycles. The Bertz CT molecular complexity index is 484. The topological polar surface area (TPSA) is 57.0 Å². The number of hydrogen-bond acceptors (Lipinski definition) is 5. The molecule has 2 atom stereocenters. The average Bonchev–Trinajstić information content (AvgIpc) is 2.85. The smallest absolute Gasteiger partial charge is 0.161 e. The van der Waals surface area contributed by atoms with Gasteiger partial charge in [-0.25, -0.2) is 0 Å². The maximum atomic E-state index is 6.33. The lowest BCUT2D eigenvalue weighted by molar-refractivity contribution is 0.138. The van der Waals surface area contributed by atoms with E-state index in [9.17, 15) is 0 Å². The standard InChI is InChI=1S/C15H23BrN2O3/c1-19-7-6-18-5-4-12(17)15(18)10-8-13(20-2)14(21-3)9-11(10)16/h8-9,12,15H,4-7,17H2,1-3H3. The number of ether oxygens (including phenoxy) is 3. The molecule has 1 aliphatic heterocycles. The Balaban J connectivity index is 2.34. The molecule has 6 heteroatoms. The average molecular weight is 359 g/mol. The third kappa shape index (κ3) is 3.51. The van der Waals surface area contributed by atoms with Gasteiger partial charge in [0.2, 0.25) is 0 Å². The highest BCUT2D eigenvalue weighted by Crippen LogP contribution is 2.41. The van der Waals surface area contributed by atoms with Crippen molar-refractivity contribution in [1.29, 1.82) is 0 Å². The van der Waals surface area contributed by atoms with Crippen LogP contribution in [0.5, 0.6) is 11.5 Å². The largest absolute Gasteiger partial charge is 0.493 e. The maximum Gasteiger partial charge on any atom is 0.161 e. The number of hydrogen-bond donors (Lipinski definition) is 1. The summed E-state index contributed by atoms with van der Waals surface area (Å²) in [4.78, 5) is 2.36. The Morgan fingerprint density at radius 3 is 2.52 bits per heavy atom. The van der Waals surface area contributed by atoms with Crippen LogP contribution in [0.25, 0.3) is 0 Å². The van der Waals surface area contributed by atoms with Crippen LogP contribution in [0.1, 0.15) is 18.0 Å². The predicted molar refractivity (Wildman–Crippen MR) is 86.0 cm³/mol. The Kier molecular flexibility index (Phi) is 5.87. The van der Waals surface area contributed by atoms with E-state index in [1.54, 1.807) is 21.3 Å². The summed E-state index contributed by atoms with van der Waals surface area (Å²) in [6, 6.07) is 4.22. The Morgan fingerprint density at radius 2 is 1.90 bits per heavy atom. The van der Waals surface area contributed by atoms with E-state index in [4.69, 9.17) is 19.9 Å². The molecule has 1 aromatic carbocycles. The fraction of sp³-hybridized carbons (Fsp3) is 0.600. The van der Waals surface area contributed by atoms with Gasteiger partial charge >= 0.3 is 0 Å². The molecular formula is C15H23BrN2O3. The number of rotatable bonds is 6. The SMILES string of the molecule is COCCN1CCC(N)C1c1cc(OC)c(OC)cc1Br. The molecule has 118 valence electrons. The monoisotopic (exact) mass is 358 g/mol. The summed E-state index contributed by atoms with van der Waals surface area (Å²) >= 11 is 3.64. The van der Waals surface area contributed by atoms with E-state index in [1.807, 2.05) is 12.1 Å². The first-order valence-electron chi connectivity index (χ1n) is 7.02. The third-order valence-corrected chi connectivity index (χ3v) is 4.64. The Hall–Kier alpha value is -0.820. The summed E-state index contributed by atoms with van der Waals surface area (Å²) < 4.78 is 16.9. The first-order chi connectivity index (χ1) is 10.1. The van der Waals surface area contributed by atoms with Gasteiger partial charge in [0.15, 0.2) is 11.5 Å². The summed E-state index contributed by atoms with van der Waals surface area (Å²) in [6.45, 7) is 2.56. The van der Waals surface area contributed by atoms with E-state index < -0.39 is 0 Å². The quantitative estimate of drug-likeness (QED) is 0.844. The van der Waals surface area contributed by atoms with Gasteiger partial charge in [-0.15, -0.1) is 0 Å². The highest BCUT2D eigenvalue weighted by molar-refractivity contribution is 9.10. The molecule has 0 aliphatic carbocycles.